The van der Waals surface area contributed by atoms with Gasteiger partial charge in [0.2, 0.25) is 0 Å². The van der Waals surface area contributed by atoms with E-state index in [0.717, 1.165) is 23.8 Å². The van der Waals surface area contributed by atoms with E-state index in [0.29, 0.717) is 5.41 Å². The molecule has 0 saturated heterocycles. The second-order valence-corrected chi connectivity index (χ2v) is 15.2. The summed E-state index contributed by atoms with van der Waals surface area (Å²) in [5.74, 6) is 3.07. The van der Waals surface area contributed by atoms with E-state index < -0.39 is 0 Å². The highest BCUT2D eigenvalue weighted by molar-refractivity contribution is 14.1. The van der Waals surface area contributed by atoms with Crippen LogP contribution in [0.15, 0.2) is 0 Å². The fourth-order valence-corrected chi connectivity index (χ4v) is 11.2. The summed E-state index contributed by atoms with van der Waals surface area (Å²) in [6.07, 6.45) is 28.1. The Bertz CT molecular complexity index is 473. The van der Waals surface area contributed by atoms with E-state index in [-0.39, 0.29) is 0 Å². The predicted molar refractivity (Wildman–Crippen MR) is 174 cm³/mol. The first-order valence-electron chi connectivity index (χ1n) is 14.6. The van der Waals surface area contributed by atoms with Gasteiger partial charge in [-0.2, -0.15) is 0 Å². The fraction of sp³-hybridized carbons (Fsp3) is 1.00. The first-order chi connectivity index (χ1) is 16.0. The van der Waals surface area contributed by atoms with Crippen LogP contribution in [0.2, 0.25) is 0 Å². The third-order valence-corrected chi connectivity index (χ3v) is 11.1. The molecule has 4 heteroatoms. The zero-order chi connectivity index (χ0) is 23.9. The van der Waals surface area contributed by atoms with Gasteiger partial charge in [0.15, 0.2) is 0 Å². The SMILES string of the molecule is CCCC(C)(CCI)C(C1CCCCCCCCCC2CC(CCCCC1)C2)N(I)CCI. The molecule has 3 atom stereocenters. The molecule has 3 unspecified atom stereocenters. The average Bonchev–Trinajstić information content (AvgIpc) is 2.74. The summed E-state index contributed by atoms with van der Waals surface area (Å²) in [4.78, 5) is 0. The summed E-state index contributed by atoms with van der Waals surface area (Å²) < 4.78 is 5.32. The highest BCUT2D eigenvalue weighted by atomic mass is 127. The molecule has 3 saturated carbocycles. The molecule has 0 heterocycles. The molecule has 196 valence electrons. The number of hydrogen-bond acceptors (Lipinski definition) is 1. The highest BCUT2D eigenvalue weighted by Crippen LogP contribution is 2.44. The van der Waals surface area contributed by atoms with Gasteiger partial charge in [-0.05, 0) is 61.7 Å². The van der Waals surface area contributed by atoms with Crippen molar-refractivity contribution in [3.05, 3.63) is 0 Å². The quantitative estimate of drug-likeness (QED) is 0.128. The summed E-state index contributed by atoms with van der Waals surface area (Å²) in [6, 6.07) is 0.751. The Hall–Kier alpha value is 2.15. The average molecular weight is 797 g/mol. The number of hydrogen-bond donors (Lipinski definition) is 0. The lowest BCUT2D eigenvalue weighted by Crippen LogP contribution is -2.48. The Morgan fingerprint density at radius 2 is 1.21 bits per heavy atom. The molecule has 3 aliphatic carbocycles. The predicted octanol–water partition coefficient (Wildman–Crippen LogP) is 11.2. The molecule has 2 bridgehead atoms. The normalized spacial score (nSPS) is 29.5. The standard InChI is InChI=1S/C29H54I3N/c1-3-18-29(2,19-20-30)28(33(32)22-21-31)27-16-12-8-6-4-5-7-10-14-25-23-26(24-25)15-11-9-13-17-27/h25-28H,3-24H2,1-2H3. The number of fused-ring (bicyclic) bond motifs is 14. The van der Waals surface area contributed by atoms with Crippen LogP contribution in [0.3, 0.4) is 0 Å². The van der Waals surface area contributed by atoms with Crippen molar-refractivity contribution >= 4 is 68.0 Å². The zero-order valence-corrected chi connectivity index (χ0v) is 28.4. The maximum Gasteiger partial charge on any atom is 0.0276 e. The summed E-state index contributed by atoms with van der Waals surface area (Å²) in [5, 5.41) is 0. The molecule has 0 aliphatic heterocycles. The molecular weight excluding hydrogens is 743 g/mol. The van der Waals surface area contributed by atoms with Gasteiger partial charge in [-0.25, -0.2) is 3.11 Å². The summed E-state index contributed by atoms with van der Waals surface area (Å²) in [7, 11) is 0. The van der Waals surface area contributed by atoms with Crippen molar-refractivity contribution in [2.75, 3.05) is 15.4 Å². The second-order valence-electron chi connectivity index (χ2n) is 11.8. The fourth-order valence-electron chi connectivity index (χ4n) is 7.11. The Morgan fingerprint density at radius 1 is 0.727 bits per heavy atom. The second kappa shape index (κ2) is 18.4. The van der Waals surface area contributed by atoms with Crippen LogP contribution >= 0.6 is 68.0 Å². The maximum atomic E-state index is 2.78. The molecule has 1 nitrogen and oxygen atoms in total. The third-order valence-electron chi connectivity index (χ3n) is 8.96. The van der Waals surface area contributed by atoms with Crippen LogP contribution in [0, 0.1) is 23.2 Å². The Balaban J connectivity index is 2.06. The number of nitrogens with zero attached hydrogens (tertiary/aromatic N) is 1. The van der Waals surface area contributed by atoms with Crippen molar-refractivity contribution < 1.29 is 0 Å². The third kappa shape index (κ3) is 11.6. The minimum absolute atomic E-state index is 0.464. The van der Waals surface area contributed by atoms with Gasteiger partial charge in [-0.3, -0.25) is 0 Å². The van der Waals surface area contributed by atoms with Crippen molar-refractivity contribution in [2.24, 2.45) is 23.2 Å². The van der Waals surface area contributed by atoms with Gasteiger partial charge < -0.3 is 0 Å². The molecule has 3 rings (SSSR count). The van der Waals surface area contributed by atoms with Gasteiger partial charge in [0.1, 0.15) is 0 Å². The first-order valence-corrected chi connectivity index (χ1v) is 18.6. The lowest BCUT2D eigenvalue weighted by atomic mass is 9.68. The van der Waals surface area contributed by atoms with E-state index in [1.165, 1.54) is 125 Å². The van der Waals surface area contributed by atoms with E-state index >= 15 is 0 Å². The van der Waals surface area contributed by atoms with Crippen LogP contribution in [0.25, 0.3) is 0 Å². The minimum atomic E-state index is 0.464. The molecule has 0 spiro atoms. The van der Waals surface area contributed by atoms with Crippen LogP contribution in [-0.2, 0) is 0 Å². The molecule has 0 radical (unpaired) electrons. The summed E-state index contributed by atoms with van der Waals surface area (Å²) in [6.45, 7) is 6.30. The number of rotatable bonds is 9. The van der Waals surface area contributed by atoms with Gasteiger partial charge in [0.25, 0.3) is 0 Å². The zero-order valence-electron chi connectivity index (χ0n) is 21.9. The van der Waals surface area contributed by atoms with E-state index in [1.54, 1.807) is 12.8 Å². The molecule has 0 amide bonds. The Labute approximate surface area is 249 Å². The van der Waals surface area contributed by atoms with Gasteiger partial charge in [-0.15, -0.1) is 0 Å². The van der Waals surface area contributed by atoms with Crippen molar-refractivity contribution in [1.82, 2.24) is 3.11 Å². The molecule has 0 aromatic carbocycles. The Morgan fingerprint density at radius 3 is 1.70 bits per heavy atom. The van der Waals surface area contributed by atoms with Gasteiger partial charge in [0.05, 0.1) is 0 Å². The number of halogens is 3. The summed E-state index contributed by atoms with van der Waals surface area (Å²) in [5.41, 5.74) is 0.464. The van der Waals surface area contributed by atoms with E-state index in [9.17, 15) is 0 Å². The molecular formula is C29H54I3N. The molecule has 3 fully saturated rings. The maximum absolute atomic E-state index is 2.78. The highest BCUT2D eigenvalue weighted by Gasteiger charge is 2.40. The van der Waals surface area contributed by atoms with Gasteiger partial charge in [-0.1, -0.05) is 142 Å². The molecule has 0 aromatic rings. The van der Waals surface area contributed by atoms with Gasteiger partial charge >= 0.3 is 0 Å². The first kappa shape index (κ1) is 31.4. The van der Waals surface area contributed by atoms with Crippen LogP contribution < -0.4 is 0 Å². The minimum Gasteiger partial charge on any atom is -0.243 e. The monoisotopic (exact) mass is 797 g/mol. The van der Waals surface area contributed by atoms with Crippen LogP contribution in [0.1, 0.15) is 136 Å². The van der Waals surface area contributed by atoms with Crippen LogP contribution in [-0.4, -0.2) is 24.6 Å². The van der Waals surface area contributed by atoms with Crippen molar-refractivity contribution in [3.63, 3.8) is 0 Å². The van der Waals surface area contributed by atoms with E-state index in [2.05, 4.69) is 85.0 Å². The largest absolute Gasteiger partial charge is 0.243 e. The molecule has 0 aromatic heterocycles. The van der Waals surface area contributed by atoms with Crippen molar-refractivity contribution in [1.29, 1.82) is 0 Å². The van der Waals surface area contributed by atoms with Crippen molar-refractivity contribution in [2.45, 2.75) is 142 Å². The molecule has 3 aliphatic rings. The van der Waals surface area contributed by atoms with Crippen LogP contribution in [0.4, 0.5) is 0 Å². The smallest absolute Gasteiger partial charge is 0.0276 e. The van der Waals surface area contributed by atoms with Crippen molar-refractivity contribution in [3.8, 4) is 0 Å². The Kier molecular flexibility index (Phi) is 17.5. The van der Waals surface area contributed by atoms with Crippen LogP contribution in [0.5, 0.6) is 0 Å². The van der Waals surface area contributed by atoms with E-state index in [4.69, 9.17) is 0 Å². The lowest BCUT2D eigenvalue weighted by Gasteiger charge is -2.46. The van der Waals surface area contributed by atoms with E-state index in [1.807, 2.05) is 0 Å². The van der Waals surface area contributed by atoms with Gasteiger partial charge in [0, 0.05) is 44.3 Å². The summed E-state index contributed by atoms with van der Waals surface area (Å²) >= 11 is 7.96. The molecule has 33 heavy (non-hydrogen) atoms. The topological polar surface area (TPSA) is 3.24 Å². The molecule has 0 N–H and O–H groups in total. The lowest BCUT2D eigenvalue weighted by molar-refractivity contribution is 0.0823. The number of alkyl halides is 2.